The number of nitrogens with zero attached hydrogens (tertiary/aromatic N) is 3. The van der Waals surface area contributed by atoms with Crippen LogP contribution in [0.2, 0.25) is 0 Å². The van der Waals surface area contributed by atoms with Crippen molar-refractivity contribution in [3.05, 3.63) is 29.7 Å². The van der Waals surface area contributed by atoms with E-state index in [4.69, 9.17) is 0 Å². The Morgan fingerprint density at radius 3 is 2.64 bits per heavy atom. The first-order valence-electron chi connectivity index (χ1n) is 4.80. The molecule has 0 unspecified atom stereocenters. The summed E-state index contributed by atoms with van der Waals surface area (Å²) in [5, 5.41) is 4.48. The number of aromatic nitrogens is 3. The SMILES string of the molecule is Cc1ccn2nc(C(C)(C)C)cc2n1. The third kappa shape index (κ3) is 1.50. The molecule has 2 aromatic heterocycles. The zero-order valence-electron chi connectivity index (χ0n) is 9.07. The molecule has 14 heavy (non-hydrogen) atoms. The van der Waals surface area contributed by atoms with Gasteiger partial charge in [0.15, 0.2) is 5.65 Å². The summed E-state index contributed by atoms with van der Waals surface area (Å²) in [6.45, 7) is 8.45. The molecule has 0 saturated carbocycles. The van der Waals surface area contributed by atoms with Gasteiger partial charge in [0.05, 0.1) is 5.69 Å². The van der Waals surface area contributed by atoms with Crippen LogP contribution in [0.4, 0.5) is 0 Å². The number of rotatable bonds is 0. The van der Waals surface area contributed by atoms with Gasteiger partial charge in [-0.3, -0.25) is 0 Å². The summed E-state index contributed by atoms with van der Waals surface area (Å²) in [5.41, 5.74) is 3.12. The van der Waals surface area contributed by atoms with Crippen molar-refractivity contribution in [1.82, 2.24) is 14.6 Å². The van der Waals surface area contributed by atoms with E-state index in [1.807, 2.05) is 29.8 Å². The van der Waals surface area contributed by atoms with Crippen molar-refractivity contribution in [2.45, 2.75) is 33.1 Å². The molecule has 0 fully saturated rings. The average molecular weight is 189 g/mol. The zero-order chi connectivity index (χ0) is 10.3. The molecule has 0 aromatic carbocycles. The standard InChI is InChI=1S/C11H15N3/c1-8-5-6-14-10(12-8)7-9(13-14)11(2,3)4/h5-7H,1-4H3. The van der Waals surface area contributed by atoms with Gasteiger partial charge in [0.2, 0.25) is 0 Å². The Morgan fingerprint density at radius 2 is 2.00 bits per heavy atom. The fraction of sp³-hybridized carbons (Fsp3) is 0.455. The molecular weight excluding hydrogens is 174 g/mol. The maximum absolute atomic E-state index is 4.48. The maximum atomic E-state index is 4.48. The molecule has 0 saturated heterocycles. The largest absolute Gasteiger partial charge is 0.234 e. The van der Waals surface area contributed by atoms with Gasteiger partial charge in [0.25, 0.3) is 0 Å². The summed E-state index contributed by atoms with van der Waals surface area (Å²) in [7, 11) is 0. The minimum atomic E-state index is 0.0849. The molecule has 0 N–H and O–H groups in total. The summed E-state index contributed by atoms with van der Waals surface area (Å²) in [4.78, 5) is 4.41. The van der Waals surface area contributed by atoms with Gasteiger partial charge in [-0.25, -0.2) is 9.50 Å². The third-order valence-electron chi connectivity index (χ3n) is 2.23. The van der Waals surface area contributed by atoms with Crippen LogP contribution in [0.3, 0.4) is 0 Å². The maximum Gasteiger partial charge on any atom is 0.155 e. The van der Waals surface area contributed by atoms with E-state index >= 15 is 0 Å². The van der Waals surface area contributed by atoms with Crippen molar-refractivity contribution in [3.63, 3.8) is 0 Å². The molecular formula is C11H15N3. The van der Waals surface area contributed by atoms with Gasteiger partial charge in [-0.15, -0.1) is 0 Å². The second-order valence-corrected chi connectivity index (χ2v) is 4.65. The van der Waals surface area contributed by atoms with Gasteiger partial charge in [0.1, 0.15) is 0 Å². The third-order valence-corrected chi connectivity index (χ3v) is 2.23. The van der Waals surface area contributed by atoms with E-state index in [0.717, 1.165) is 17.0 Å². The van der Waals surface area contributed by atoms with Gasteiger partial charge < -0.3 is 0 Å². The predicted octanol–water partition coefficient (Wildman–Crippen LogP) is 2.34. The molecule has 0 aliphatic carbocycles. The van der Waals surface area contributed by atoms with Gasteiger partial charge in [-0.2, -0.15) is 5.10 Å². The number of hydrogen-bond acceptors (Lipinski definition) is 2. The van der Waals surface area contributed by atoms with E-state index < -0.39 is 0 Å². The Morgan fingerprint density at radius 1 is 1.29 bits per heavy atom. The molecule has 0 bridgehead atoms. The molecule has 3 heteroatoms. The van der Waals surface area contributed by atoms with Gasteiger partial charge in [0, 0.05) is 23.4 Å². The van der Waals surface area contributed by atoms with Crippen molar-refractivity contribution in [1.29, 1.82) is 0 Å². The zero-order valence-corrected chi connectivity index (χ0v) is 9.07. The van der Waals surface area contributed by atoms with Crippen molar-refractivity contribution in [3.8, 4) is 0 Å². The first kappa shape index (κ1) is 9.19. The van der Waals surface area contributed by atoms with Crippen LogP contribution in [-0.4, -0.2) is 14.6 Å². The molecule has 74 valence electrons. The molecule has 0 amide bonds. The molecule has 0 aliphatic rings. The van der Waals surface area contributed by atoms with Crippen LogP contribution in [0.15, 0.2) is 18.3 Å². The van der Waals surface area contributed by atoms with E-state index in [0.29, 0.717) is 0 Å². The van der Waals surface area contributed by atoms with Gasteiger partial charge in [-0.05, 0) is 13.0 Å². The molecule has 0 radical (unpaired) electrons. The van der Waals surface area contributed by atoms with Crippen molar-refractivity contribution < 1.29 is 0 Å². The summed E-state index contributed by atoms with van der Waals surface area (Å²) >= 11 is 0. The summed E-state index contributed by atoms with van der Waals surface area (Å²) in [6, 6.07) is 4.01. The quantitative estimate of drug-likeness (QED) is 0.636. The van der Waals surface area contributed by atoms with Crippen LogP contribution in [0, 0.1) is 6.92 Å². The Balaban J connectivity index is 2.63. The smallest absolute Gasteiger partial charge is 0.155 e. The lowest BCUT2D eigenvalue weighted by molar-refractivity contribution is 0.562. The molecule has 2 aromatic rings. The van der Waals surface area contributed by atoms with Crippen molar-refractivity contribution in [2.24, 2.45) is 0 Å². The van der Waals surface area contributed by atoms with E-state index in [-0.39, 0.29) is 5.41 Å². The van der Waals surface area contributed by atoms with Gasteiger partial charge >= 0.3 is 0 Å². The van der Waals surface area contributed by atoms with E-state index in [1.165, 1.54) is 0 Å². The van der Waals surface area contributed by atoms with Gasteiger partial charge in [-0.1, -0.05) is 20.8 Å². The van der Waals surface area contributed by atoms with Crippen LogP contribution in [0.25, 0.3) is 5.65 Å². The fourth-order valence-electron chi connectivity index (χ4n) is 1.34. The minimum Gasteiger partial charge on any atom is -0.234 e. The minimum absolute atomic E-state index is 0.0849. The summed E-state index contributed by atoms with van der Waals surface area (Å²) in [6.07, 6.45) is 1.95. The molecule has 0 spiro atoms. The van der Waals surface area contributed by atoms with E-state index in [2.05, 4.69) is 30.9 Å². The Labute approximate surface area is 83.8 Å². The first-order valence-corrected chi connectivity index (χ1v) is 4.80. The van der Waals surface area contributed by atoms with Crippen LogP contribution < -0.4 is 0 Å². The second kappa shape index (κ2) is 2.80. The summed E-state index contributed by atoms with van der Waals surface area (Å²) in [5.74, 6) is 0. The normalized spacial score (nSPS) is 12.3. The lowest BCUT2D eigenvalue weighted by atomic mass is 9.93. The Bertz CT molecular complexity index is 463. The number of hydrogen-bond donors (Lipinski definition) is 0. The van der Waals surface area contributed by atoms with Crippen LogP contribution in [-0.2, 0) is 5.41 Å². The van der Waals surface area contributed by atoms with Crippen LogP contribution in [0.5, 0.6) is 0 Å². The predicted molar refractivity (Wildman–Crippen MR) is 56.4 cm³/mol. The fourth-order valence-corrected chi connectivity index (χ4v) is 1.34. The Hall–Kier alpha value is -1.38. The highest BCUT2D eigenvalue weighted by molar-refractivity contribution is 5.41. The molecule has 2 heterocycles. The number of aryl methyl sites for hydroxylation is 1. The van der Waals surface area contributed by atoms with Crippen LogP contribution >= 0.6 is 0 Å². The molecule has 0 atom stereocenters. The van der Waals surface area contributed by atoms with Crippen molar-refractivity contribution >= 4 is 5.65 Å². The van der Waals surface area contributed by atoms with Crippen molar-refractivity contribution in [2.75, 3.05) is 0 Å². The second-order valence-electron chi connectivity index (χ2n) is 4.65. The molecule has 0 aliphatic heterocycles. The summed E-state index contributed by atoms with van der Waals surface area (Å²) < 4.78 is 1.83. The van der Waals surface area contributed by atoms with Crippen LogP contribution in [0.1, 0.15) is 32.2 Å². The number of fused-ring (bicyclic) bond motifs is 1. The first-order chi connectivity index (χ1) is 6.47. The molecule has 3 nitrogen and oxygen atoms in total. The van der Waals surface area contributed by atoms with E-state index in [9.17, 15) is 0 Å². The monoisotopic (exact) mass is 189 g/mol. The van der Waals surface area contributed by atoms with E-state index in [1.54, 1.807) is 0 Å². The lowest BCUT2D eigenvalue weighted by Gasteiger charge is -2.13. The lowest BCUT2D eigenvalue weighted by Crippen LogP contribution is -2.11. The highest BCUT2D eigenvalue weighted by Crippen LogP contribution is 2.21. The topological polar surface area (TPSA) is 30.2 Å². The Kier molecular flexibility index (Phi) is 1.84. The highest BCUT2D eigenvalue weighted by atomic mass is 15.2. The average Bonchev–Trinajstić information content (AvgIpc) is 2.45. The highest BCUT2D eigenvalue weighted by Gasteiger charge is 2.17. The molecule has 2 rings (SSSR count).